The van der Waals surface area contributed by atoms with Crippen LogP contribution >= 0.6 is 0 Å². The second-order valence-corrected chi connectivity index (χ2v) is 7.01. The number of nitrogens with zero attached hydrogens (tertiary/aromatic N) is 3. The molecule has 0 fully saturated rings. The summed E-state index contributed by atoms with van der Waals surface area (Å²) in [6.45, 7) is 6.72. The number of hydrogen-bond donors (Lipinski definition) is 1. The fourth-order valence-electron chi connectivity index (χ4n) is 2.97. The van der Waals surface area contributed by atoms with Crippen LogP contribution in [0.4, 0.5) is 5.69 Å². The summed E-state index contributed by atoms with van der Waals surface area (Å²) in [5, 5.41) is 18.5. The summed E-state index contributed by atoms with van der Waals surface area (Å²) in [6, 6.07) is 13.8. The molecular formula is C22H24N4O3. The zero-order valence-electron chi connectivity index (χ0n) is 16.8. The van der Waals surface area contributed by atoms with Crippen LogP contribution in [-0.4, -0.2) is 27.2 Å². The molecule has 0 saturated heterocycles. The van der Waals surface area contributed by atoms with Crippen molar-refractivity contribution in [3.63, 3.8) is 0 Å². The summed E-state index contributed by atoms with van der Waals surface area (Å²) in [4.78, 5) is 23.3. The Hall–Kier alpha value is -3.48. The fraction of sp³-hybridized carbons (Fsp3) is 0.273. The molecule has 0 atom stereocenters. The summed E-state index contributed by atoms with van der Waals surface area (Å²) in [5.74, 6) is -0.223. The molecule has 1 amide bonds. The van der Waals surface area contributed by atoms with Gasteiger partial charge in [0.1, 0.15) is 5.69 Å². The number of nitro groups is 1. The van der Waals surface area contributed by atoms with Crippen LogP contribution in [0.2, 0.25) is 0 Å². The third-order valence-corrected chi connectivity index (χ3v) is 4.87. The molecule has 1 heterocycles. The summed E-state index contributed by atoms with van der Waals surface area (Å²) in [5.41, 5.74) is 4.88. The van der Waals surface area contributed by atoms with Gasteiger partial charge in [0.25, 0.3) is 11.6 Å². The van der Waals surface area contributed by atoms with Crippen LogP contribution in [0.3, 0.4) is 0 Å². The zero-order valence-corrected chi connectivity index (χ0v) is 16.8. The minimum Gasteiger partial charge on any atom is -0.351 e. The van der Waals surface area contributed by atoms with Crippen LogP contribution in [0.15, 0.2) is 48.5 Å². The molecule has 3 rings (SSSR count). The first-order valence-corrected chi connectivity index (χ1v) is 9.61. The van der Waals surface area contributed by atoms with E-state index >= 15 is 0 Å². The van der Waals surface area contributed by atoms with E-state index in [1.54, 1.807) is 18.2 Å². The van der Waals surface area contributed by atoms with Gasteiger partial charge in [0.15, 0.2) is 0 Å². The molecule has 7 nitrogen and oxygen atoms in total. The zero-order chi connectivity index (χ0) is 21.0. The van der Waals surface area contributed by atoms with Crippen LogP contribution in [0.5, 0.6) is 0 Å². The summed E-state index contributed by atoms with van der Waals surface area (Å²) in [7, 11) is 0. The van der Waals surface area contributed by atoms with Gasteiger partial charge in [-0.15, -0.1) is 0 Å². The Labute approximate surface area is 169 Å². The fourth-order valence-corrected chi connectivity index (χ4v) is 2.97. The minimum atomic E-state index is -0.453. The molecule has 29 heavy (non-hydrogen) atoms. The van der Waals surface area contributed by atoms with Gasteiger partial charge in [-0.3, -0.25) is 14.9 Å². The second kappa shape index (κ2) is 8.68. The van der Waals surface area contributed by atoms with Crippen molar-refractivity contribution < 1.29 is 9.72 Å². The SMILES string of the molecule is CCCCNC(=O)c1cc(-c2ccc(C)c(C)c2)nn1-c1ccc([N+](=O)[O-])cc1. The van der Waals surface area contributed by atoms with Gasteiger partial charge in [-0.25, -0.2) is 4.68 Å². The quantitative estimate of drug-likeness (QED) is 0.362. The summed E-state index contributed by atoms with van der Waals surface area (Å²) < 4.78 is 1.54. The molecule has 1 N–H and O–H groups in total. The second-order valence-electron chi connectivity index (χ2n) is 7.01. The predicted octanol–water partition coefficient (Wildman–Crippen LogP) is 4.59. The van der Waals surface area contributed by atoms with Crippen molar-refractivity contribution in [1.29, 1.82) is 0 Å². The molecule has 7 heteroatoms. The first-order chi connectivity index (χ1) is 13.9. The molecule has 3 aromatic rings. The third-order valence-electron chi connectivity index (χ3n) is 4.87. The van der Waals surface area contributed by atoms with E-state index < -0.39 is 4.92 Å². The van der Waals surface area contributed by atoms with E-state index in [0.29, 0.717) is 23.6 Å². The maximum atomic E-state index is 12.8. The van der Waals surface area contributed by atoms with Crippen molar-refractivity contribution in [2.75, 3.05) is 6.54 Å². The lowest BCUT2D eigenvalue weighted by atomic mass is 10.0. The minimum absolute atomic E-state index is 0.00997. The van der Waals surface area contributed by atoms with Crippen LogP contribution in [0.1, 0.15) is 41.4 Å². The Morgan fingerprint density at radius 2 is 1.83 bits per heavy atom. The van der Waals surface area contributed by atoms with Crippen molar-refractivity contribution >= 4 is 11.6 Å². The van der Waals surface area contributed by atoms with Gasteiger partial charge in [-0.05, 0) is 55.7 Å². The van der Waals surface area contributed by atoms with Crippen molar-refractivity contribution in [1.82, 2.24) is 15.1 Å². The highest BCUT2D eigenvalue weighted by atomic mass is 16.6. The Balaban J connectivity index is 2.04. The molecule has 0 saturated carbocycles. The predicted molar refractivity (Wildman–Crippen MR) is 112 cm³/mol. The highest BCUT2D eigenvalue weighted by Gasteiger charge is 2.18. The number of unbranched alkanes of at least 4 members (excludes halogenated alkanes) is 1. The van der Waals surface area contributed by atoms with E-state index in [-0.39, 0.29) is 11.6 Å². The highest BCUT2D eigenvalue weighted by Crippen LogP contribution is 2.25. The number of amides is 1. The van der Waals surface area contributed by atoms with Crippen molar-refractivity contribution in [2.45, 2.75) is 33.6 Å². The maximum Gasteiger partial charge on any atom is 0.270 e. The number of non-ortho nitro benzene ring substituents is 1. The maximum absolute atomic E-state index is 12.8. The number of benzene rings is 2. The number of carbonyl (C=O) groups excluding carboxylic acids is 1. The average molecular weight is 392 g/mol. The first-order valence-electron chi connectivity index (χ1n) is 9.61. The standard InChI is InChI=1S/C22H24N4O3/c1-4-5-12-23-22(27)21-14-20(17-7-6-15(2)16(3)13-17)24-25(21)18-8-10-19(11-9-18)26(28)29/h6-11,13-14H,4-5,12H2,1-3H3,(H,23,27). The van der Waals surface area contributed by atoms with E-state index in [2.05, 4.69) is 17.3 Å². The average Bonchev–Trinajstić information content (AvgIpc) is 3.16. The van der Waals surface area contributed by atoms with E-state index in [4.69, 9.17) is 0 Å². The number of aryl methyl sites for hydroxylation is 2. The van der Waals surface area contributed by atoms with E-state index in [1.807, 2.05) is 32.0 Å². The van der Waals surface area contributed by atoms with Crippen molar-refractivity contribution in [3.8, 4) is 16.9 Å². The number of nitro benzene ring substituents is 1. The van der Waals surface area contributed by atoms with Crippen LogP contribution < -0.4 is 5.32 Å². The van der Waals surface area contributed by atoms with E-state index in [0.717, 1.165) is 24.0 Å². The molecule has 1 aromatic heterocycles. The lowest BCUT2D eigenvalue weighted by Gasteiger charge is -2.08. The van der Waals surface area contributed by atoms with Gasteiger partial charge in [0, 0.05) is 24.2 Å². The molecule has 150 valence electrons. The normalized spacial score (nSPS) is 10.7. The van der Waals surface area contributed by atoms with Crippen LogP contribution in [0, 0.1) is 24.0 Å². The van der Waals surface area contributed by atoms with Crippen molar-refractivity contribution in [2.24, 2.45) is 0 Å². The third kappa shape index (κ3) is 4.51. The Bertz CT molecular complexity index is 1040. The molecule has 0 aliphatic rings. The largest absolute Gasteiger partial charge is 0.351 e. The first kappa shape index (κ1) is 20.3. The van der Waals surface area contributed by atoms with Crippen LogP contribution in [0.25, 0.3) is 16.9 Å². The van der Waals surface area contributed by atoms with Gasteiger partial charge in [0.05, 0.1) is 16.3 Å². The lowest BCUT2D eigenvalue weighted by molar-refractivity contribution is -0.384. The molecule has 0 aliphatic heterocycles. The summed E-state index contributed by atoms with van der Waals surface area (Å²) in [6.07, 6.45) is 1.87. The number of hydrogen-bond acceptors (Lipinski definition) is 4. The monoisotopic (exact) mass is 392 g/mol. The topological polar surface area (TPSA) is 90.1 Å². The highest BCUT2D eigenvalue weighted by molar-refractivity contribution is 5.94. The number of rotatable bonds is 7. The number of aromatic nitrogens is 2. The molecular weight excluding hydrogens is 368 g/mol. The number of nitrogens with one attached hydrogen (secondary N) is 1. The smallest absolute Gasteiger partial charge is 0.270 e. The Morgan fingerprint density at radius 1 is 1.10 bits per heavy atom. The van der Waals surface area contributed by atoms with Gasteiger partial charge < -0.3 is 5.32 Å². The van der Waals surface area contributed by atoms with E-state index in [9.17, 15) is 14.9 Å². The van der Waals surface area contributed by atoms with Gasteiger partial charge in [-0.2, -0.15) is 5.10 Å². The molecule has 0 unspecified atom stereocenters. The molecule has 0 radical (unpaired) electrons. The van der Waals surface area contributed by atoms with E-state index in [1.165, 1.54) is 22.4 Å². The molecule has 2 aromatic carbocycles. The Kier molecular flexibility index (Phi) is 6.07. The van der Waals surface area contributed by atoms with Crippen LogP contribution in [-0.2, 0) is 0 Å². The Morgan fingerprint density at radius 3 is 2.45 bits per heavy atom. The molecule has 0 spiro atoms. The van der Waals surface area contributed by atoms with Gasteiger partial charge >= 0.3 is 0 Å². The lowest BCUT2D eigenvalue weighted by Crippen LogP contribution is -2.26. The van der Waals surface area contributed by atoms with Crippen molar-refractivity contribution in [3.05, 3.63) is 75.5 Å². The number of carbonyl (C=O) groups is 1. The van der Waals surface area contributed by atoms with Gasteiger partial charge in [-0.1, -0.05) is 25.5 Å². The molecule has 0 aliphatic carbocycles. The van der Waals surface area contributed by atoms with Gasteiger partial charge in [0.2, 0.25) is 0 Å². The summed E-state index contributed by atoms with van der Waals surface area (Å²) >= 11 is 0. The molecule has 0 bridgehead atoms.